The molecule has 130 valence electrons. The van der Waals surface area contributed by atoms with E-state index in [2.05, 4.69) is 15.6 Å². The first-order chi connectivity index (χ1) is 12.7. The molecule has 0 radical (unpaired) electrons. The minimum absolute atomic E-state index is 0.215. The van der Waals surface area contributed by atoms with Crippen molar-refractivity contribution < 1.29 is 9.53 Å². The van der Waals surface area contributed by atoms with Crippen molar-refractivity contribution in [2.45, 2.75) is 0 Å². The Labute approximate surface area is 156 Å². The number of amides is 1. The largest absolute Gasteiger partial charge is 0.497 e. The lowest BCUT2D eigenvalue weighted by molar-refractivity contribution is -0.115. The van der Waals surface area contributed by atoms with Gasteiger partial charge in [-0.15, -0.1) is 0 Å². The summed E-state index contributed by atoms with van der Waals surface area (Å²) in [6, 6.07) is 17.0. The van der Waals surface area contributed by atoms with Gasteiger partial charge in [0.05, 0.1) is 18.3 Å². The molecule has 3 rings (SSSR count). The van der Waals surface area contributed by atoms with Crippen molar-refractivity contribution in [3.8, 4) is 5.75 Å². The number of carbonyl (C=O) groups excluding carboxylic acids is 1. The molecule has 0 bridgehead atoms. The Morgan fingerprint density at radius 1 is 1.12 bits per heavy atom. The van der Waals surface area contributed by atoms with Gasteiger partial charge in [0.2, 0.25) is 5.91 Å². The first kappa shape index (κ1) is 17.6. The molecule has 5 nitrogen and oxygen atoms in total. The van der Waals surface area contributed by atoms with Crippen LogP contribution in [0.1, 0.15) is 5.56 Å². The van der Waals surface area contributed by atoms with Crippen LogP contribution in [0.3, 0.4) is 0 Å². The number of hydrogen-bond donors (Lipinski definition) is 2. The number of methoxy groups -OCH3 is 1. The summed E-state index contributed by atoms with van der Waals surface area (Å²) in [4.78, 5) is 16.4. The number of aromatic nitrogens is 1. The van der Waals surface area contributed by atoms with E-state index in [-0.39, 0.29) is 11.0 Å². The molecule has 0 aliphatic carbocycles. The maximum Gasteiger partial charge on any atom is 0.250 e. The molecule has 1 amide bonds. The molecule has 0 aliphatic heterocycles. The maximum atomic E-state index is 12.0. The lowest BCUT2D eigenvalue weighted by atomic mass is 10.2. The lowest BCUT2D eigenvalue weighted by Gasteiger charge is -2.10. The molecule has 1 aromatic heterocycles. The highest BCUT2D eigenvalue weighted by Crippen LogP contribution is 2.20. The Kier molecular flexibility index (Phi) is 5.56. The van der Waals surface area contributed by atoms with Crippen LogP contribution in [0.5, 0.6) is 5.75 Å². The van der Waals surface area contributed by atoms with Gasteiger partial charge in [0.1, 0.15) is 5.75 Å². The summed E-state index contributed by atoms with van der Waals surface area (Å²) in [6.07, 6.45) is 4.85. The predicted molar refractivity (Wildman–Crippen MR) is 108 cm³/mol. The SMILES string of the molecule is COc1ccc(C=CC(=O)NC(=S)Nc2cccc3cccnc23)cc1. The van der Waals surface area contributed by atoms with E-state index in [1.807, 2.05) is 54.6 Å². The van der Waals surface area contributed by atoms with Gasteiger partial charge in [-0.1, -0.05) is 30.3 Å². The van der Waals surface area contributed by atoms with E-state index in [9.17, 15) is 4.79 Å². The zero-order chi connectivity index (χ0) is 18.4. The van der Waals surface area contributed by atoms with Gasteiger partial charge >= 0.3 is 0 Å². The van der Waals surface area contributed by atoms with Crippen LogP contribution in [-0.4, -0.2) is 23.1 Å². The van der Waals surface area contributed by atoms with Crippen molar-refractivity contribution in [3.05, 3.63) is 72.4 Å². The van der Waals surface area contributed by atoms with Crippen LogP contribution in [0.2, 0.25) is 0 Å². The third kappa shape index (κ3) is 4.43. The Bertz CT molecular complexity index is 963. The van der Waals surface area contributed by atoms with Gasteiger partial charge in [-0.2, -0.15) is 0 Å². The number of rotatable bonds is 4. The van der Waals surface area contributed by atoms with Crippen molar-refractivity contribution in [1.82, 2.24) is 10.3 Å². The molecule has 0 atom stereocenters. The number of ether oxygens (including phenoxy) is 1. The molecular weight excluding hydrogens is 346 g/mol. The number of benzene rings is 2. The van der Waals surface area contributed by atoms with Gasteiger partial charge in [0.15, 0.2) is 5.11 Å². The van der Waals surface area contributed by atoms with Gasteiger partial charge in [0, 0.05) is 17.7 Å². The van der Waals surface area contributed by atoms with Crippen molar-refractivity contribution >= 4 is 45.9 Å². The van der Waals surface area contributed by atoms with E-state index < -0.39 is 0 Å². The molecule has 0 saturated heterocycles. The predicted octanol–water partition coefficient (Wildman–Crippen LogP) is 3.77. The van der Waals surface area contributed by atoms with E-state index in [0.29, 0.717) is 0 Å². The van der Waals surface area contributed by atoms with Crippen molar-refractivity contribution in [3.63, 3.8) is 0 Å². The minimum atomic E-state index is -0.313. The van der Waals surface area contributed by atoms with Crippen LogP contribution < -0.4 is 15.4 Å². The molecule has 0 unspecified atom stereocenters. The van der Waals surface area contributed by atoms with Crippen molar-refractivity contribution in [2.75, 3.05) is 12.4 Å². The van der Waals surface area contributed by atoms with Gasteiger partial charge in [0.25, 0.3) is 0 Å². The second kappa shape index (κ2) is 8.22. The number of nitrogens with zero attached hydrogens (tertiary/aromatic N) is 1. The van der Waals surface area contributed by atoms with E-state index in [4.69, 9.17) is 17.0 Å². The Morgan fingerprint density at radius 2 is 1.88 bits per heavy atom. The second-order valence-electron chi connectivity index (χ2n) is 5.43. The van der Waals surface area contributed by atoms with Gasteiger partial charge in [-0.25, -0.2) is 0 Å². The standard InChI is InChI=1S/C20H17N3O2S/c1-25-16-10-7-14(8-11-16)9-12-18(24)23-20(26)22-17-6-2-4-15-5-3-13-21-19(15)17/h2-13H,1H3,(H2,22,23,24,26). The second-order valence-corrected chi connectivity index (χ2v) is 5.84. The normalized spacial score (nSPS) is 10.7. The lowest BCUT2D eigenvalue weighted by Crippen LogP contribution is -2.32. The zero-order valence-electron chi connectivity index (χ0n) is 14.1. The quantitative estimate of drug-likeness (QED) is 0.546. The number of carbonyl (C=O) groups is 1. The molecule has 2 aromatic carbocycles. The van der Waals surface area contributed by atoms with Gasteiger partial charge < -0.3 is 10.1 Å². The van der Waals surface area contributed by atoms with Crippen LogP contribution in [0.15, 0.2) is 66.9 Å². The fraction of sp³-hybridized carbons (Fsp3) is 0.0500. The average molecular weight is 363 g/mol. The molecular formula is C20H17N3O2S. The molecule has 0 saturated carbocycles. The van der Waals surface area contributed by atoms with Crippen molar-refractivity contribution in [2.24, 2.45) is 0 Å². The topological polar surface area (TPSA) is 63.2 Å². The molecule has 0 aliphatic rings. The fourth-order valence-corrected chi connectivity index (χ4v) is 2.61. The van der Waals surface area contributed by atoms with Crippen molar-refractivity contribution in [1.29, 1.82) is 0 Å². The van der Waals surface area contributed by atoms with Crippen LogP contribution in [0, 0.1) is 0 Å². The summed E-state index contributed by atoms with van der Waals surface area (Å²) in [6.45, 7) is 0. The summed E-state index contributed by atoms with van der Waals surface area (Å²) < 4.78 is 5.10. The Balaban J connectivity index is 1.61. The van der Waals surface area contributed by atoms with E-state index in [0.717, 1.165) is 27.9 Å². The molecule has 0 spiro atoms. The summed E-state index contributed by atoms with van der Waals surface area (Å²) in [5.74, 6) is 0.451. The van der Waals surface area contributed by atoms with Crippen LogP contribution >= 0.6 is 12.2 Å². The molecule has 2 N–H and O–H groups in total. The summed E-state index contributed by atoms with van der Waals surface area (Å²) in [5.41, 5.74) is 2.42. The third-order valence-electron chi connectivity index (χ3n) is 3.66. The van der Waals surface area contributed by atoms with Gasteiger partial charge in [-0.05, 0) is 48.1 Å². The number of nitrogens with one attached hydrogen (secondary N) is 2. The highest BCUT2D eigenvalue weighted by molar-refractivity contribution is 7.80. The summed E-state index contributed by atoms with van der Waals surface area (Å²) in [7, 11) is 1.61. The minimum Gasteiger partial charge on any atom is -0.497 e. The number of pyridine rings is 1. The molecule has 26 heavy (non-hydrogen) atoms. The average Bonchev–Trinajstić information content (AvgIpc) is 2.67. The highest BCUT2D eigenvalue weighted by Gasteiger charge is 2.05. The maximum absolute atomic E-state index is 12.0. The van der Waals surface area contributed by atoms with Crippen LogP contribution in [0.25, 0.3) is 17.0 Å². The Morgan fingerprint density at radius 3 is 2.65 bits per heavy atom. The monoisotopic (exact) mass is 363 g/mol. The van der Waals surface area contributed by atoms with Crippen LogP contribution in [0.4, 0.5) is 5.69 Å². The van der Waals surface area contributed by atoms with Crippen LogP contribution in [-0.2, 0) is 4.79 Å². The molecule has 1 heterocycles. The molecule has 6 heteroatoms. The van der Waals surface area contributed by atoms with E-state index in [1.54, 1.807) is 19.4 Å². The third-order valence-corrected chi connectivity index (χ3v) is 3.86. The fourth-order valence-electron chi connectivity index (χ4n) is 2.40. The molecule has 3 aromatic rings. The number of para-hydroxylation sites is 1. The highest BCUT2D eigenvalue weighted by atomic mass is 32.1. The number of thiocarbonyl (C=S) groups is 1. The van der Waals surface area contributed by atoms with E-state index in [1.165, 1.54) is 6.08 Å². The first-order valence-corrected chi connectivity index (χ1v) is 8.34. The summed E-state index contributed by atoms with van der Waals surface area (Å²) >= 11 is 5.22. The smallest absolute Gasteiger partial charge is 0.250 e. The molecule has 0 fully saturated rings. The summed E-state index contributed by atoms with van der Waals surface area (Å²) in [5, 5.41) is 6.85. The first-order valence-electron chi connectivity index (χ1n) is 7.93. The zero-order valence-corrected chi connectivity index (χ0v) is 14.9. The Hall–Kier alpha value is -3.25. The van der Waals surface area contributed by atoms with E-state index >= 15 is 0 Å². The number of fused-ring (bicyclic) bond motifs is 1. The van der Waals surface area contributed by atoms with Gasteiger partial charge in [-0.3, -0.25) is 15.1 Å². The number of anilines is 1. The number of hydrogen-bond acceptors (Lipinski definition) is 4.